The van der Waals surface area contributed by atoms with Crippen molar-refractivity contribution in [1.82, 2.24) is 9.55 Å². The Labute approximate surface area is 124 Å². The number of aliphatic hydroxyl groups excluding tert-OH is 1. The van der Waals surface area contributed by atoms with Crippen molar-refractivity contribution >= 4 is 18.7 Å². The van der Waals surface area contributed by atoms with Gasteiger partial charge in [0.25, 0.3) is 0 Å². The third-order valence-corrected chi connectivity index (χ3v) is 2.74. The van der Waals surface area contributed by atoms with E-state index in [1.807, 2.05) is 0 Å². The number of carbonyl (C=O) groups is 1. The van der Waals surface area contributed by atoms with Crippen molar-refractivity contribution in [2.75, 3.05) is 5.75 Å². The smallest absolute Gasteiger partial charge is 0.420 e. The number of rotatable bonds is 5. The molecule has 1 unspecified atom stereocenters. The minimum Gasteiger partial charge on any atom is -0.443 e. The molecule has 0 aliphatic heterocycles. The van der Waals surface area contributed by atoms with Crippen LogP contribution < -0.4 is 0 Å². The van der Waals surface area contributed by atoms with Gasteiger partial charge < -0.3 is 14.6 Å². The van der Waals surface area contributed by atoms with E-state index in [4.69, 9.17) is 9.47 Å². The highest BCUT2D eigenvalue weighted by Crippen LogP contribution is 2.13. The maximum atomic E-state index is 11.9. The van der Waals surface area contributed by atoms with E-state index in [1.165, 1.54) is 10.9 Å². The van der Waals surface area contributed by atoms with Crippen molar-refractivity contribution in [3.8, 4) is 0 Å². The van der Waals surface area contributed by atoms with Crippen molar-refractivity contribution in [2.24, 2.45) is 0 Å². The van der Waals surface area contributed by atoms with Gasteiger partial charge in [0.05, 0.1) is 18.0 Å². The average molecular weight is 302 g/mol. The fourth-order valence-corrected chi connectivity index (χ4v) is 1.67. The van der Waals surface area contributed by atoms with Gasteiger partial charge in [-0.25, -0.2) is 14.3 Å². The number of carbonyl (C=O) groups excluding carboxylic acids is 1. The second-order valence-electron chi connectivity index (χ2n) is 5.40. The van der Waals surface area contributed by atoms with Crippen molar-refractivity contribution in [3.63, 3.8) is 0 Å². The number of ether oxygens (including phenoxy) is 2. The molecule has 1 aromatic rings. The first-order valence-corrected chi connectivity index (χ1v) is 7.04. The van der Waals surface area contributed by atoms with Crippen LogP contribution in [0.2, 0.25) is 0 Å². The fraction of sp³-hybridized carbons (Fsp3) is 0.692. The van der Waals surface area contributed by atoms with E-state index in [1.54, 1.807) is 27.7 Å². The van der Waals surface area contributed by atoms with Crippen molar-refractivity contribution in [3.05, 3.63) is 17.7 Å². The summed E-state index contributed by atoms with van der Waals surface area (Å²) in [7, 11) is 0. The maximum Gasteiger partial charge on any atom is 0.420 e. The molecule has 0 aromatic carbocycles. The average Bonchev–Trinajstić information content (AvgIpc) is 2.66. The van der Waals surface area contributed by atoms with Crippen LogP contribution in [0.15, 0.2) is 6.33 Å². The standard InChI is InChI=1S/C13H22N2O4S/c1-9-10(7-18-11(16)5-6-20)14-8-15(9)12(17)19-13(2,3)4/h8,11,16,20H,5-7H2,1-4H3. The molecule has 1 atom stereocenters. The van der Waals surface area contributed by atoms with E-state index in [0.29, 0.717) is 23.6 Å². The van der Waals surface area contributed by atoms with E-state index in [-0.39, 0.29) is 6.61 Å². The van der Waals surface area contributed by atoms with Crippen molar-refractivity contribution in [1.29, 1.82) is 0 Å². The quantitative estimate of drug-likeness (QED) is 0.644. The molecule has 0 saturated heterocycles. The fourth-order valence-electron chi connectivity index (χ4n) is 1.45. The Morgan fingerprint density at radius 3 is 2.75 bits per heavy atom. The number of hydrogen-bond acceptors (Lipinski definition) is 6. The molecule has 0 fully saturated rings. The number of imidazole rings is 1. The Morgan fingerprint density at radius 2 is 2.20 bits per heavy atom. The lowest BCUT2D eigenvalue weighted by atomic mass is 10.2. The second kappa shape index (κ2) is 7.10. The summed E-state index contributed by atoms with van der Waals surface area (Å²) in [6.45, 7) is 7.29. The van der Waals surface area contributed by atoms with Gasteiger partial charge in [-0.3, -0.25) is 0 Å². The van der Waals surface area contributed by atoms with Crippen LogP contribution in [0.1, 0.15) is 38.6 Å². The van der Waals surface area contributed by atoms with Gasteiger partial charge in [0.1, 0.15) is 11.9 Å². The minimum atomic E-state index is -0.876. The lowest BCUT2D eigenvalue weighted by Gasteiger charge is -2.19. The summed E-state index contributed by atoms with van der Waals surface area (Å²) in [4.78, 5) is 16.0. The molecule has 114 valence electrons. The van der Waals surface area contributed by atoms with Gasteiger partial charge in [0.15, 0.2) is 6.29 Å². The first kappa shape index (κ1) is 17.0. The molecule has 6 nitrogen and oxygen atoms in total. The Balaban J connectivity index is 2.67. The Hall–Kier alpha value is -1.05. The van der Waals surface area contributed by atoms with Crippen LogP contribution in [-0.4, -0.2) is 38.4 Å². The first-order valence-electron chi connectivity index (χ1n) is 6.41. The van der Waals surface area contributed by atoms with Gasteiger partial charge in [-0.15, -0.1) is 0 Å². The number of aliphatic hydroxyl groups is 1. The summed E-state index contributed by atoms with van der Waals surface area (Å²) in [5, 5.41) is 9.47. The highest BCUT2D eigenvalue weighted by atomic mass is 32.1. The van der Waals surface area contributed by atoms with E-state index in [9.17, 15) is 9.90 Å². The van der Waals surface area contributed by atoms with Gasteiger partial charge in [0.2, 0.25) is 0 Å². The Kier molecular flexibility index (Phi) is 6.04. The van der Waals surface area contributed by atoms with Crippen LogP contribution in [0, 0.1) is 6.92 Å². The predicted molar refractivity (Wildman–Crippen MR) is 77.9 cm³/mol. The van der Waals surface area contributed by atoms with Gasteiger partial charge in [0, 0.05) is 6.42 Å². The molecule has 0 spiro atoms. The van der Waals surface area contributed by atoms with Gasteiger partial charge in [-0.1, -0.05) is 0 Å². The van der Waals surface area contributed by atoms with E-state index in [2.05, 4.69) is 17.6 Å². The summed E-state index contributed by atoms with van der Waals surface area (Å²) in [6.07, 6.45) is 0.477. The topological polar surface area (TPSA) is 73.6 Å². The summed E-state index contributed by atoms with van der Waals surface area (Å²) < 4.78 is 11.8. The minimum absolute atomic E-state index is 0.135. The molecule has 0 radical (unpaired) electrons. The van der Waals surface area contributed by atoms with Crippen molar-refractivity contribution in [2.45, 2.75) is 52.6 Å². The van der Waals surface area contributed by atoms with Gasteiger partial charge >= 0.3 is 6.09 Å². The second-order valence-corrected chi connectivity index (χ2v) is 5.85. The largest absolute Gasteiger partial charge is 0.443 e. The van der Waals surface area contributed by atoms with Crippen LogP contribution in [0.3, 0.4) is 0 Å². The molecule has 1 rings (SSSR count). The molecule has 0 amide bonds. The zero-order chi connectivity index (χ0) is 15.3. The molecule has 1 heterocycles. The van der Waals surface area contributed by atoms with Crippen LogP contribution in [0.5, 0.6) is 0 Å². The lowest BCUT2D eigenvalue weighted by molar-refractivity contribution is -0.109. The number of hydrogen-bond donors (Lipinski definition) is 2. The highest BCUT2D eigenvalue weighted by molar-refractivity contribution is 7.80. The first-order chi connectivity index (χ1) is 9.24. The van der Waals surface area contributed by atoms with Crippen LogP contribution in [0.25, 0.3) is 0 Å². The molecule has 7 heteroatoms. The van der Waals surface area contributed by atoms with E-state index >= 15 is 0 Å². The third-order valence-electron chi connectivity index (χ3n) is 2.49. The summed E-state index contributed by atoms with van der Waals surface area (Å²) >= 11 is 4.01. The molecule has 0 aliphatic carbocycles. The van der Waals surface area contributed by atoms with E-state index < -0.39 is 18.0 Å². The molecule has 1 N–H and O–H groups in total. The molecule has 0 saturated carbocycles. The lowest BCUT2D eigenvalue weighted by Crippen LogP contribution is -2.27. The molecular weight excluding hydrogens is 280 g/mol. The molecule has 0 bridgehead atoms. The molecule has 20 heavy (non-hydrogen) atoms. The zero-order valence-electron chi connectivity index (χ0n) is 12.3. The maximum absolute atomic E-state index is 11.9. The number of aromatic nitrogens is 2. The summed E-state index contributed by atoms with van der Waals surface area (Å²) in [5.41, 5.74) is 0.666. The van der Waals surface area contributed by atoms with Gasteiger partial charge in [-0.05, 0) is 33.4 Å². The van der Waals surface area contributed by atoms with Crippen LogP contribution in [0.4, 0.5) is 4.79 Å². The normalized spacial score (nSPS) is 13.3. The predicted octanol–water partition coefficient (Wildman–Crippen LogP) is 2.13. The number of thiol groups is 1. The van der Waals surface area contributed by atoms with Gasteiger partial charge in [-0.2, -0.15) is 12.6 Å². The highest BCUT2D eigenvalue weighted by Gasteiger charge is 2.20. The van der Waals surface area contributed by atoms with Crippen LogP contribution in [-0.2, 0) is 16.1 Å². The molecule has 1 aromatic heterocycles. The Morgan fingerprint density at radius 1 is 1.55 bits per heavy atom. The Bertz CT molecular complexity index is 454. The van der Waals surface area contributed by atoms with Crippen molar-refractivity contribution < 1.29 is 19.4 Å². The monoisotopic (exact) mass is 302 g/mol. The molecular formula is C13H22N2O4S. The van der Waals surface area contributed by atoms with Crippen LogP contribution >= 0.6 is 12.6 Å². The molecule has 0 aliphatic rings. The zero-order valence-corrected chi connectivity index (χ0v) is 13.2. The SMILES string of the molecule is Cc1c(COC(O)CCS)ncn1C(=O)OC(C)(C)C. The summed E-state index contributed by atoms with van der Waals surface area (Å²) in [5.74, 6) is 0.534. The third kappa shape index (κ3) is 5.15. The summed E-state index contributed by atoms with van der Waals surface area (Å²) in [6, 6.07) is 0. The number of nitrogens with zero attached hydrogens (tertiary/aromatic N) is 2. The van der Waals surface area contributed by atoms with E-state index in [0.717, 1.165) is 0 Å².